The predicted molar refractivity (Wildman–Crippen MR) is 112 cm³/mol. The summed E-state index contributed by atoms with van der Waals surface area (Å²) in [6, 6.07) is 8.98. The van der Waals surface area contributed by atoms with Gasteiger partial charge in [-0.2, -0.15) is 0 Å². The lowest BCUT2D eigenvalue weighted by Gasteiger charge is -2.30. The van der Waals surface area contributed by atoms with Gasteiger partial charge in [-0.05, 0) is 31.2 Å². The summed E-state index contributed by atoms with van der Waals surface area (Å²) in [4.78, 5) is 48.3. The van der Waals surface area contributed by atoms with Crippen LogP contribution in [0.15, 0.2) is 36.4 Å². The summed E-state index contributed by atoms with van der Waals surface area (Å²) in [5.74, 6) is -2.22. The fourth-order valence-electron chi connectivity index (χ4n) is 3.62. The Balaban J connectivity index is 1.82. The minimum Gasteiger partial charge on any atom is -0.381 e. The molecule has 8 nitrogen and oxygen atoms in total. The highest BCUT2D eigenvalue weighted by Crippen LogP contribution is 2.24. The van der Waals surface area contributed by atoms with Crippen LogP contribution in [0.5, 0.6) is 0 Å². The molecule has 2 aromatic carbocycles. The Kier molecular flexibility index (Phi) is 6.76. The first-order valence-corrected chi connectivity index (χ1v) is 9.74. The average Bonchev–Trinajstić information content (AvgIpc) is 2.73. The van der Waals surface area contributed by atoms with E-state index in [2.05, 4.69) is 10.6 Å². The van der Waals surface area contributed by atoms with E-state index in [1.54, 1.807) is 36.2 Å². The van der Waals surface area contributed by atoms with E-state index in [0.29, 0.717) is 29.5 Å². The van der Waals surface area contributed by atoms with Crippen LogP contribution in [0.1, 0.15) is 44.7 Å². The van der Waals surface area contributed by atoms with E-state index in [-0.39, 0.29) is 42.5 Å². The molecule has 0 spiro atoms. The molecule has 2 aromatic rings. The molecule has 3 rings (SSSR count). The van der Waals surface area contributed by atoms with Crippen molar-refractivity contribution in [2.75, 3.05) is 12.4 Å². The molecular formula is C22H23FN4O4. The van der Waals surface area contributed by atoms with Crippen molar-refractivity contribution in [2.24, 2.45) is 5.73 Å². The van der Waals surface area contributed by atoms with Gasteiger partial charge in [0.05, 0.1) is 11.6 Å². The van der Waals surface area contributed by atoms with Crippen molar-refractivity contribution in [3.63, 3.8) is 0 Å². The normalized spacial score (nSPS) is 16.2. The molecule has 0 saturated carbocycles. The number of rotatable bonds is 8. The van der Waals surface area contributed by atoms with E-state index in [9.17, 15) is 23.6 Å². The molecule has 1 aliphatic rings. The van der Waals surface area contributed by atoms with Crippen LogP contribution in [0.3, 0.4) is 0 Å². The Morgan fingerprint density at radius 2 is 2.03 bits per heavy atom. The second-order valence-corrected chi connectivity index (χ2v) is 7.37. The van der Waals surface area contributed by atoms with Gasteiger partial charge in [-0.15, -0.1) is 0 Å². The third-order valence-electron chi connectivity index (χ3n) is 5.30. The molecule has 1 atom stereocenters. The fraction of sp³-hybridized carbons (Fsp3) is 0.273. The molecule has 4 N–H and O–H groups in total. The van der Waals surface area contributed by atoms with Crippen LogP contribution in [0, 0.1) is 5.82 Å². The number of hydrogen-bond donors (Lipinski definition) is 3. The molecule has 1 fully saturated rings. The highest BCUT2D eigenvalue weighted by atomic mass is 19.1. The number of nitrogens with zero attached hydrogens (tertiary/aromatic N) is 1. The van der Waals surface area contributed by atoms with Gasteiger partial charge in [0.15, 0.2) is 0 Å². The lowest BCUT2D eigenvalue weighted by atomic mass is 10.0. The van der Waals surface area contributed by atoms with Crippen molar-refractivity contribution >= 4 is 29.7 Å². The zero-order chi connectivity index (χ0) is 22.5. The number of amides is 3. The Bertz CT molecular complexity index is 1040. The zero-order valence-corrected chi connectivity index (χ0v) is 17.0. The average molecular weight is 426 g/mol. The van der Waals surface area contributed by atoms with Crippen molar-refractivity contribution in [1.29, 1.82) is 0 Å². The molecular weight excluding hydrogens is 403 g/mol. The predicted octanol–water partition coefficient (Wildman–Crippen LogP) is 1.59. The number of anilines is 1. The van der Waals surface area contributed by atoms with Crippen molar-refractivity contribution in [2.45, 2.75) is 32.0 Å². The standard InChI is InChI=1S/C22H23FN4O4/c1-27(18-8-9-19(29)26-22(18)31)11-16-14(12-28)5-3-7-17(16)25-10-13-4-2-6-15(20(13)23)21(24)30/h2-7,12,18,25H,8-11H2,1H3,(H2,24,30)(H,26,29,31). The molecule has 1 saturated heterocycles. The van der Waals surface area contributed by atoms with Crippen molar-refractivity contribution in [3.8, 4) is 0 Å². The summed E-state index contributed by atoms with van der Waals surface area (Å²) in [6.07, 6.45) is 1.35. The Morgan fingerprint density at radius 1 is 1.29 bits per heavy atom. The molecule has 3 amide bonds. The molecule has 0 radical (unpaired) electrons. The largest absolute Gasteiger partial charge is 0.381 e. The van der Waals surface area contributed by atoms with Gasteiger partial charge in [0.1, 0.15) is 12.1 Å². The van der Waals surface area contributed by atoms with Crippen LogP contribution in [0.25, 0.3) is 0 Å². The summed E-state index contributed by atoms with van der Waals surface area (Å²) in [7, 11) is 1.74. The van der Waals surface area contributed by atoms with Gasteiger partial charge in [0.25, 0.3) is 5.91 Å². The number of halogens is 1. The van der Waals surface area contributed by atoms with E-state index >= 15 is 0 Å². The summed E-state index contributed by atoms with van der Waals surface area (Å²) in [5, 5.41) is 5.43. The summed E-state index contributed by atoms with van der Waals surface area (Å²) >= 11 is 0. The van der Waals surface area contributed by atoms with Crippen LogP contribution in [0.2, 0.25) is 0 Å². The lowest BCUT2D eigenvalue weighted by molar-refractivity contribution is -0.137. The monoisotopic (exact) mass is 426 g/mol. The maximum atomic E-state index is 14.5. The summed E-state index contributed by atoms with van der Waals surface area (Å²) < 4.78 is 14.5. The van der Waals surface area contributed by atoms with Gasteiger partial charge >= 0.3 is 0 Å². The van der Waals surface area contributed by atoms with E-state index in [0.717, 1.165) is 0 Å². The molecule has 162 valence electrons. The van der Waals surface area contributed by atoms with Gasteiger partial charge in [0, 0.05) is 36.3 Å². The molecule has 1 aliphatic heterocycles. The van der Waals surface area contributed by atoms with Crippen LogP contribution >= 0.6 is 0 Å². The summed E-state index contributed by atoms with van der Waals surface area (Å²) in [6.45, 7) is 0.317. The van der Waals surface area contributed by atoms with Crippen LogP contribution < -0.4 is 16.4 Å². The first kappa shape index (κ1) is 22.1. The smallest absolute Gasteiger partial charge is 0.251 e. The number of likely N-dealkylation sites (N-methyl/N-ethyl adjacent to an activating group) is 1. The second-order valence-electron chi connectivity index (χ2n) is 7.37. The maximum Gasteiger partial charge on any atom is 0.251 e. The number of hydrogen-bond acceptors (Lipinski definition) is 6. The summed E-state index contributed by atoms with van der Waals surface area (Å²) in [5.41, 5.74) is 6.90. The lowest BCUT2D eigenvalue weighted by Crippen LogP contribution is -2.51. The number of piperidine rings is 1. The van der Waals surface area contributed by atoms with Crippen LogP contribution in [0.4, 0.5) is 10.1 Å². The van der Waals surface area contributed by atoms with E-state index < -0.39 is 17.8 Å². The number of benzene rings is 2. The van der Waals surface area contributed by atoms with Crippen LogP contribution in [-0.2, 0) is 22.7 Å². The number of imide groups is 1. The van der Waals surface area contributed by atoms with E-state index in [4.69, 9.17) is 5.73 Å². The van der Waals surface area contributed by atoms with Gasteiger partial charge < -0.3 is 11.1 Å². The second kappa shape index (κ2) is 9.48. The Hall–Kier alpha value is -3.59. The van der Waals surface area contributed by atoms with Gasteiger partial charge in [-0.25, -0.2) is 4.39 Å². The Morgan fingerprint density at radius 3 is 2.71 bits per heavy atom. The third kappa shape index (κ3) is 4.95. The van der Waals surface area contributed by atoms with Crippen molar-refractivity contribution in [3.05, 3.63) is 64.5 Å². The molecule has 0 bridgehead atoms. The third-order valence-corrected chi connectivity index (χ3v) is 5.30. The van der Waals surface area contributed by atoms with E-state index in [1.165, 1.54) is 12.1 Å². The number of nitrogens with one attached hydrogen (secondary N) is 2. The molecule has 31 heavy (non-hydrogen) atoms. The maximum absolute atomic E-state index is 14.5. The number of carbonyl (C=O) groups excluding carboxylic acids is 4. The molecule has 1 heterocycles. The van der Waals surface area contributed by atoms with Gasteiger partial charge in [-0.1, -0.05) is 24.3 Å². The van der Waals surface area contributed by atoms with Gasteiger partial charge in [0.2, 0.25) is 11.8 Å². The van der Waals surface area contributed by atoms with Crippen molar-refractivity contribution in [1.82, 2.24) is 10.2 Å². The number of nitrogens with two attached hydrogens (primary N) is 1. The number of aldehydes is 1. The molecule has 0 aromatic heterocycles. The minimum atomic E-state index is -0.853. The molecule has 9 heteroatoms. The topological polar surface area (TPSA) is 122 Å². The number of primary amides is 1. The minimum absolute atomic E-state index is 0.0599. The Labute approximate surface area is 178 Å². The highest BCUT2D eigenvalue weighted by molar-refractivity contribution is 6.00. The van der Waals surface area contributed by atoms with E-state index in [1.807, 2.05) is 0 Å². The first-order valence-electron chi connectivity index (χ1n) is 9.74. The quantitative estimate of drug-likeness (QED) is 0.435. The van der Waals surface area contributed by atoms with Crippen LogP contribution in [-0.4, -0.2) is 42.0 Å². The molecule has 0 aliphatic carbocycles. The fourth-order valence-corrected chi connectivity index (χ4v) is 3.62. The zero-order valence-electron chi connectivity index (χ0n) is 17.0. The molecule has 1 unspecified atom stereocenters. The van der Waals surface area contributed by atoms with Crippen molar-refractivity contribution < 1.29 is 23.6 Å². The van der Waals surface area contributed by atoms with Gasteiger partial charge in [-0.3, -0.25) is 29.4 Å². The number of carbonyl (C=O) groups is 4. The SMILES string of the molecule is CN(Cc1c(C=O)cccc1NCc1cccc(C(N)=O)c1F)C1CCC(=O)NC1=O. The highest BCUT2D eigenvalue weighted by Gasteiger charge is 2.30. The first-order chi connectivity index (χ1) is 14.8.